The number of aryl methyl sites for hydroxylation is 1. The minimum Gasteiger partial charge on any atom is -0.465 e. The van der Waals surface area contributed by atoms with Gasteiger partial charge in [0.25, 0.3) is 5.56 Å². The maximum Gasteiger partial charge on any atom is 0.337 e. The van der Waals surface area contributed by atoms with Crippen LogP contribution in [0.1, 0.15) is 47.3 Å². The smallest absolute Gasteiger partial charge is 0.337 e. The summed E-state index contributed by atoms with van der Waals surface area (Å²) < 4.78 is 12.7. The zero-order chi connectivity index (χ0) is 21.3. The number of methoxy groups -OCH3 is 1. The highest BCUT2D eigenvalue weighted by molar-refractivity contribution is 5.89. The Kier molecular flexibility index (Phi) is 5.35. The quantitative estimate of drug-likeness (QED) is 0.590. The third-order valence-corrected chi connectivity index (χ3v) is 5.29. The lowest BCUT2D eigenvalue weighted by Gasteiger charge is -2.22. The van der Waals surface area contributed by atoms with Gasteiger partial charge < -0.3 is 9.26 Å². The summed E-state index contributed by atoms with van der Waals surface area (Å²) in [5.41, 5.74) is 1.31. The van der Waals surface area contributed by atoms with E-state index in [0.717, 1.165) is 12.8 Å². The fourth-order valence-electron chi connectivity index (χ4n) is 3.71. The molecule has 1 aliphatic heterocycles. The van der Waals surface area contributed by atoms with Crippen LogP contribution < -0.4 is 11.2 Å². The van der Waals surface area contributed by atoms with E-state index >= 15 is 0 Å². The fourth-order valence-corrected chi connectivity index (χ4v) is 3.71. The highest BCUT2D eigenvalue weighted by atomic mass is 16.5. The van der Waals surface area contributed by atoms with Crippen molar-refractivity contribution in [3.05, 3.63) is 67.8 Å². The average molecular weight is 410 g/mol. The van der Waals surface area contributed by atoms with Crippen molar-refractivity contribution < 1.29 is 14.1 Å². The number of aromatic nitrogens is 4. The van der Waals surface area contributed by atoms with Gasteiger partial charge in [-0.3, -0.25) is 13.9 Å². The number of ether oxygens (including phenoxy) is 1. The van der Waals surface area contributed by atoms with Crippen molar-refractivity contribution in [3.63, 3.8) is 0 Å². The summed E-state index contributed by atoms with van der Waals surface area (Å²) in [7, 11) is 1.31. The molecule has 0 spiro atoms. The molecule has 156 valence electrons. The standard InChI is InChI=1S/C21H22N4O5/c1-3-16-22-18(23-30-16)17-15-6-4-5-11-24(15)21(28)25(19(17)26)12-13-7-9-14(10-8-13)20(27)29-2/h7-10H,3-6,11-12H2,1-2H3. The molecule has 1 aromatic carbocycles. The van der Waals surface area contributed by atoms with E-state index in [0.29, 0.717) is 47.7 Å². The predicted molar refractivity (Wildman–Crippen MR) is 107 cm³/mol. The highest BCUT2D eigenvalue weighted by Crippen LogP contribution is 2.22. The SMILES string of the molecule is CCc1nc(-c2c3n(c(=O)n(Cc4ccc(C(=O)OC)cc4)c2=O)CCCC3)no1. The Bertz CT molecular complexity index is 1200. The lowest BCUT2D eigenvalue weighted by atomic mass is 10.0. The second-order valence-corrected chi connectivity index (χ2v) is 7.16. The van der Waals surface area contributed by atoms with Crippen LogP contribution in [-0.2, 0) is 30.7 Å². The molecule has 9 nitrogen and oxygen atoms in total. The van der Waals surface area contributed by atoms with E-state index in [-0.39, 0.29) is 18.1 Å². The van der Waals surface area contributed by atoms with Gasteiger partial charge in [-0.15, -0.1) is 0 Å². The number of esters is 1. The predicted octanol–water partition coefficient (Wildman–Crippen LogP) is 1.79. The van der Waals surface area contributed by atoms with E-state index in [1.165, 1.54) is 11.7 Å². The molecule has 0 aliphatic carbocycles. The first-order valence-electron chi connectivity index (χ1n) is 9.90. The Labute approximate surface area is 171 Å². The Hall–Kier alpha value is -3.49. The molecule has 4 rings (SSSR count). The Morgan fingerprint density at radius 2 is 1.97 bits per heavy atom. The first-order chi connectivity index (χ1) is 14.5. The van der Waals surface area contributed by atoms with E-state index < -0.39 is 11.5 Å². The normalized spacial score (nSPS) is 13.1. The van der Waals surface area contributed by atoms with Gasteiger partial charge in [-0.25, -0.2) is 9.59 Å². The fraction of sp³-hybridized carbons (Fsp3) is 0.381. The van der Waals surface area contributed by atoms with Crippen molar-refractivity contribution in [1.29, 1.82) is 0 Å². The van der Waals surface area contributed by atoms with Gasteiger partial charge in [0.2, 0.25) is 11.7 Å². The number of nitrogens with zero attached hydrogens (tertiary/aromatic N) is 4. The molecular weight excluding hydrogens is 388 g/mol. The zero-order valence-electron chi connectivity index (χ0n) is 16.9. The molecule has 0 unspecified atom stereocenters. The molecule has 0 N–H and O–H groups in total. The molecule has 0 amide bonds. The number of carbonyl (C=O) groups is 1. The number of rotatable bonds is 5. The summed E-state index contributed by atoms with van der Waals surface area (Å²) in [6, 6.07) is 6.61. The van der Waals surface area contributed by atoms with Gasteiger partial charge in [0.1, 0.15) is 5.56 Å². The zero-order valence-corrected chi connectivity index (χ0v) is 16.9. The molecule has 9 heteroatoms. The molecule has 30 heavy (non-hydrogen) atoms. The summed E-state index contributed by atoms with van der Waals surface area (Å²) in [4.78, 5) is 42.4. The molecule has 0 radical (unpaired) electrons. The van der Waals surface area contributed by atoms with Gasteiger partial charge in [0.05, 0.1) is 19.2 Å². The molecule has 3 heterocycles. The lowest BCUT2D eigenvalue weighted by Crippen LogP contribution is -2.44. The van der Waals surface area contributed by atoms with Crippen LogP contribution in [0, 0.1) is 0 Å². The maximum absolute atomic E-state index is 13.3. The van der Waals surface area contributed by atoms with Gasteiger partial charge in [0, 0.05) is 18.7 Å². The van der Waals surface area contributed by atoms with Crippen molar-refractivity contribution in [2.45, 2.75) is 45.7 Å². The van der Waals surface area contributed by atoms with E-state index in [1.807, 2.05) is 6.92 Å². The van der Waals surface area contributed by atoms with Crippen LogP contribution in [0.5, 0.6) is 0 Å². The number of benzene rings is 1. The second-order valence-electron chi connectivity index (χ2n) is 7.16. The Morgan fingerprint density at radius 1 is 1.20 bits per heavy atom. The van der Waals surface area contributed by atoms with E-state index in [9.17, 15) is 14.4 Å². The Balaban J connectivity index is 1.82. The summed E-state index contributed by atoms with van der Waals surface area (Å²) in [6.45, 7) is 2.50. The highest BCUT2D eigenvalue weighted by Gasteiger charge is 2.25. The van der Waals surface area contributed by atoms with Crippen LogP contribution in [0.2, 0.25) is 0 Å². The monoisotopic (exact) mass is 410 g/mol. The topological polar surface area (TPSA) is 109 Å². The molecule has 0 atom stereocenters. The van der Waals surface area contributed by atoms with Crippen molar-refractivity contribution in [2.75, 3.05) is 7.11 Å². The van der Waals surface area contributed by atoms with Crippen LogP contribution in [0.15, 0.2) is 38.4 Å². The number of hydrogen-bond donors (Lipinski definition) is 0. The maximum atomic E-state index is 13.3. The summed E-state index contributed by atoms with van der Waals surface area (Å²) in [5.74, 6) is 0.214. The van der Waals surface area contributed by atoms with E-state index in [1.54, 1.807) is 28.8 Å². The minimum atomic E-state index is -0.446. The number of carbonyl (C=O) groups excluding carboxylic acids is 1. The summed E-state index contributed by atoms with van der Waals surface area (Å²) in [6.07, 6.45) is 2.93. The van der Waals surface area contributed by atoms with Gasteiger partial charge in [-0.05, 0) is 37.0 Å². The molecule has 3 aromatic rings. The number of fused-ring (bicyclic) bond motifs is 1. The minimum absolute atomic E-state index is 0.0743. The average Bonchev–Trinajstić information content (AvgIpc) is 3.25. The van der Waals surface area contributed by atoms with Gasteiger partial charge in [-0.2, -0.15) is 4.98 Å². The van der Waals surface area contributed by atoms with E-state index in [2.05, 4.69) is 10.1 Å². The van der Waals surface area contributed by atoms with Crippen LogP contribution in [0.25, 0.3) is 11.4 Å². The van der Waals surface area contributed by atoms with Gasteiger partial charge >= 0.3 is 11.7 Å². The molecular formula is C21H22N4O5. The number of hydrogen-bond acceptors (Lipinski definition) is 7. The first-order valence-corrected chi connectivity index (χ1v) is 9.90. The Morgan fingerprint density at radius 3 is 2.63 bits per heavy atom. The van der Waals surface area contributed by atoms with Crippen molar-refractivity contribution in [3.8, 4) is 11.4 Å². The first kappa shape index (κ1) is 19.8. The van der Waals surface area contributed by atoms with Crippen LogP contribution in [0.4, 0.5) is 0 Å². The molecule has 0 saturated heterocycles. The van der Waals surface area contributed by atoms with Crippen LogP contribution >= 0.6 is 0 Å². The van der Waals surface area contributed by atoms with Crippen molar-refractivity contribution >= 4 is 5.97 Å². The van der Waals surface area contributed by atoms with Gasteiger partial charge in [-0.1, -0.05) is 24.2 Å². The summed E-state index contributed by atoms with van der Waals surface area (Å²) in [5, 5.41) is 3.98. The molecule has 0 saturated carbocycles. The van der Waals surface area contributed by atoms with Crippen molar-refractivity contribution in [1.82, 2.24) is 19.3 Å². The van der Waals surface area contributed by atoms with Crippen molar-refractivity contribution in [2.24, 2.45) is 0 Å². The molecule has 0 fully saturated rings. The lowest BCUT2D eigenvalue weighted by molar-refractivity contribution is 0.0600. The third kappa shape index (κ3) is 3.47. The largest absolute Gasteiger partial charge is 0.465 e. The van der Waals surface area contributed by atoms with Crippen LogP contribution in [0.3, 0.4) is 0 Å². The van der Waals surface area contributed by atoms with E-state index in [4.69, 9.17) is 9.26 Å². The third-order valence-electron chi connectivity index (χ3n) is 5.29. The molecule has 1 aliphatic rings. The molecule has 2 aromatic heterocycles. The van der Waals surface area contributed by atoms with Crippen LogP contribution in [-0.4, -0.2) is 32.4 Å². The van der Waals surface area contributed by atoms with Gasteiger partial charge in [0.15, 0.2) is 0 Å². The molecule has 0 bridgehead atoms. The second kappa shape index (κ2) is 8.10. The summed E-state index contributed by atoms with van der Waals surface area (Å²) >= 11 is 0.